The quantitative estimate of drug-likeness (QED) is 0.851. The lowest BCUT2D eigenvalue weighted by molar-refractivity contribution is -0.138. The van der Waals surface area contributed by atoms with Gasteiger partial charge in [-0.05, 0) is 24.4 Å². The van der Waals surface area contributed by atoms with Crippen LogP contribution in [0.2, 0.25) is 0 Å². The van der Waals surface area contributed by atoms with Gasteiger partial charge in [-0.25, -0.2) is 0 Å². The molecule has 0 bridgehead atoms. The fourth-order valence-electron chi connectivity index (χ4n) is 3.76. The molecule has 2 aliphatic rings. The van der Waals surface area contributed by atoms with Crippen LogP contribution in [0.25, 0.3) is 0 Å². The second-order valence-corrected chi connectivity index (χ2v) is 7.02. The third-order valence-corrected chi connectivity index (χ3v) is 5.79. The highest BCUT2D eigenvalue weighted by atomic mass is 32.1. The Labute approximate surface area is 130 Å². The highest BCUT2D eigenvalue weighted by Crippen LogP contribution is 2.32. The Morgan fingerprint density at radius 1 is 1.48 bits per heavy atom. The van der Waals surface area contributed by atoms with Crippen LogP contribution in [0.4, 0.5) is 0 Å². The largest absolute Gasteiger partial charge is 0.381 e. The van der Waals surface area contributed by atoms with E-state index in [1.807, 2.05) is 11.4 Å². The average molecular weight is 308 g/mol. The Hall–Kier alpha value is -0.910. The summed E-state index contributed by atoms with van der Waals surface area (Å²) in [4.78, 5) is 18.4. The molecule has 0 aliphatic carbocycles. The number of hydrogen-bond acceptors (Lipinski definition) is 4. The number of ether oxygens (including phenoxy) is 1. The van der Waals surface area contributed by atoms with Crippen LogP contribution in [0.1, 0.15) is 18.2 Å². The second kappa shape index (κ2) is 6.46. The first-order valence-electron chi connectivity index (χ1n) is 7.80. The van der Waals surface area contributed by atoms with Crippen LogP contribution in [-0.2, 0) is 16.0 Å². The van der Waals surface area contributed by atoms with Gasteiger partial charge in [0, 0.05) is 37.5 Å². The number of carbonyl (C=O) groups is 1. The Morgan fingerprint density at radius 3 is 3.00 bits per heavy atom. The molecular weight excluding hydrogens is 284 g/mol. The van der Waals surface area contributed by atoms with Crippen molar-refractivity contribution in [3.05, 3.63) is 22.4 Å². The minimum Gasteiger partial charge on any atom is -0.381 e. The minimum absolute atomic E-state index is 0.278. The summed E-state index contributed by atoms with van der Waals surface area (Å²) < 4.78 is 5.67. The molecule has 116 valence electrons. The molecule has 3 heterocycles. The molecule has 1 aromatic heterocycles. The molecule has 2 saturated heterocycles. The van der Waals surface area contributed by atoms with Crippen molar-refractivity contribution < 1.29 is 9.53 Å². The number of fused-ring (bicyclic) bond motifs is 1. The van der Waals surface area contributed by atoms with Crippen molar-refractivity contribution >= 4 is 17.2 Å². The van der Waals surface area contributed by atoms with Gasteiger partial charge < -0.3 is 14.5 Å². The molecule has 1 amide bonds. The summed E-state index contributed by atoms with van der Waals surface area (Å²) in [6.07, 6.45) is 1.81. The molecule has 5 heteroatoms. The predicted molar refractivity (Wildman–Crippen MR) is 84.5 cm³/mol. The zero-order valence-corrected chi connectivity index (χ0v) is 13.6. The van der Waals surface area contributed by atoms with Crippen molar-refractivity contribution in [1.29, 1.82) is 0 Å². The van der Waals surface area contributed by atoms with E-state index in [9.17, 15) is 4.79 Å². The van der Waals surface area contributed by atoms with Gasteiger partial charge in [0.15, 0.2) is 0 Å². The summed E-state index contributed by atoms with van der Waals surface area (Å²) in [6, 6.07) is 4.40. The topological polar surface area (TPSA) is 32.8 Å². The van der Waals surface area contributed by atoms with Crippen molar-refractivity contribution in [3.8, 4) is 0 Å². The Morgan fingerprint density at radius 2 is 2.33 bits per heavy atom. The molecule has 1 aromatic rings. The number of likely N-dealkylation sites (tertiary alicyclic amines) is 2. The van der Waals surface area contributed by atoms with Gasteiger partial charge >= 0.3 is 0 Å². The lowest BCUT2D eigenvalue weighted by Crippen LogP contribution is -2.53. The zero-order valence-electron chi connectivity index (χ0n) is 12.8. The third kappa shape index (κ3) is 3.00. The third-order valence-electron chi connectivity index (χ3n) is 4.92. The predicted octanol–water partition coefficient (Wildman–Crippen LogP) is 1.86. The monoisotopic (exact) mass is 308 g/mol. The van der Waals surface area contributed by atoms with Crippen molar-refractivity contribution in [2.24, 2.45) is 5.92 Å². The summed E-state index contributed by atoms with van der Waals surface area (Å²) in [7, 11) is 1.81. The first-order chi connectivity index (χ1) is 10.2. The lowest BCUT2D eigenvalue weighted by atomic mass is 9.88. The molecule has 0 N–H and O–H groups in total. The standard InChI is InChI=1S/C16H24N2O2S/c1-3-17-10-13-14(11-17)18(7-6-15(13)20-2)16(19)9-12-5-4-8-21-12/h4-5,8,13-15H,3,6-7,9-11H2,1-2H3/t13-,14+,15-/m1/s1. The van der Waals surface area contributed by atoms with Gasteiger partial charge in [-0.3, -0.25) is 4.79 Å². The first-order valence-corrected chi connectivity index (χ1v) is 8.68. The molecular formula is C16H24N2O2S. The van der Waals surface area contributed by atoms with Crippen LogP contribution >= 0.6 is 11.3 Å². The van der Waals surface area contributed by atoms with Crippen LogP contribution in [-0.4, -0.2) is 61.1 Å². The summed E-state index contributed by atoms with van der Waals surface area (Å²) in [5.41, 5.74) is 0. The Kier molecular flexibility index (Phi) is 4.62. The molecule has 4 nitrogen and oxygen atoms in total. The number of thiophene rings is 1. The number of hydrogen-bond donors (Lipinski definition) is 0. The summed E-state index contributed by atoms with van der Waals surface area (Å²) in [5, 5.41) is 2.04. The Balaban J connectivity index is 1.72. The van der Waals surface area contributed by atoms with E-state index in [2.05, 4.69) is 22.8 Å². The van der Waals surface area contributed by atoms with Gasteiger partial charge in [0.2, 0.25) is 5.91 Å². The molecule has 0 spiro atoms. The summed E-state index contributed by atoms with van der Waals surface area (Å²) in [5.74, 6) is 0.746. The van der Waals surface area contributed by atoms with Gasteiger partial charge in [-0.2, -0.15) is 0 Å². The number of nitrogens with zero attached hydrogens (tertiary/aromatic N) is 2. The van der Waals surface area contributed by atoms with E-state index in [4.69, 9.17) is 4.74 Å². The maximum Gasteiger partial charge on any atom is 0.228 e. The highest BCUT2D eigenvalue weighted by Gasteiger charge is 2.45. The molecule has 0 saturated carbocycles. The van der Waals surface area contributed by atoms with Gasteiger partial charge in [-0.1, -0.05) is 13.0 Å². The van der Waals surface area contributed by atoms with Crippen LogP contribution in [0, 0.1) is 5.92 Å². The maximum absolute atomic E-state index is 12.7. The molecule has 3 rings (SSSR count). The van der Waals surface area contributed by atoms with E-state index in [1.54, 1.807) is 18.4 Å². The second-order valence-electron chi connectivity index (χ2n) is 5.99. The van der Waals surface area contributed by atoms with E-state index in [-0.39, 0.29) is 5.91 Å². The number of piperidine rings is 1. The maximum atomic E-state index is 12.7. The van der Waals surface area contributed by atoms with Crippen molar-refractivity contribution in [3.63, 3.8) is 0 Å². The smallest absolute Gasteiger partial charge is 0.228 e. The van der Waals surface area contributed by atoms with E-state index < -0.39 is 0 Å². The first kappa shape index (κ1) is 15.0. The van der Waals surface area contributed by atoms with E-state index in [1.165, 1.54) is 0 Å². The van der Waals surface area contributed by atoms with Crippen molar-refractivity contribution in [1.82, 2.24) is 9.80 Å². The van der Waals surface area contributed by atoms with Crippen LogP contribution in [0.3, 0.4) is 0 Å². The molecule has 3 atom stereocenters. The normalized spacial score (nSPS) is 29.6. The molecule has 0 radical (unpaired) electrons. The van der Waals surface area contributed by atoms with Gasteiger partial charge in [0.05, 0.1) is 18.6 Å². The summed E-state index contributed by atoms with van der Waals surface area (Å²) >= 11 is 1.67. The van der Waals surface area contributed by atoms with Crippen LogP contribution < -0.4 is 0 Å². The molecule has 2 fully saturated rings. The Bertz CT molecular complexity index is 477. The zero-order chi connectivity index (χ0) is 14.8. The SMILES string of the molecule is CCN1C[C@H]2[C@H](OC)CCN(C(=O)Cc3cccs3)[C@H]2C1. The average Bonchev–Trinajstić information content (AvgIpc) is 3.14. The van der Waals surface area contributed by atoms with Gasteiger partial charge in [-0.15, -0.1) is 11.3 Å². The van der Waals surface area contributed by atoms with E-state index in [0.717, 1.165) is 37.5 Å². The number of carbonyl (C=O) groups excluding carboxylic acids is 1. The fraction of sp³-hybridized carbons (Fsp3) is 0.688. The van der Waals surface area contributed by atoms with Crippen molar-refractivity contribution in [2.75, 3.05) is 33.3 Å². The minimum atomic E-state index is 0.278. The van der Waals surface area contributed by atoms with E-state index in [0.29, 0.717) is 24.5 Å². The van der Waals surface area contributed by atoms with Gasteiger partial charge in [0.1, 0.15) is 0 Å². The molecule has 21 heavy (non-hydrogen) atoms. The number of methoxy groups -OCH3 is 1. The fourth-order valence-corrected chi connectivity index (χ4v) is 4.46. The van der Waals surface area contributed by atoms with Gasteiger partial charge in [0.25, 0.3) is 0 Å². The lowest BCUT2D eigenvalue weighted by Gasteiger charge is -2.41. The number of amides is 1. The number of rotatable bonds is 4. The molecule has 0 aromatic carbocycles. The summed E-state index contributed by atoms with van der Waals surface area (Å²) in [6.45, 7) is 6.13. The molecule has 2 aliphatic heterocycles. The molecule has 0 unspecified atom stereocenters. The van der Waals surface area contributed by atoms with Crippen LogP contribution in [0.5, 0.6) is 0 Å². The van der Waals surface area contributed by atoms with E-state index >= 15 is 0 Å². The highest BCUT2D eigenvalue weighted by molar-refractivity contribution is 7.10. The van der Waals surface area contributed by atoms with Crippen LogP contribution in [0.15, 0.2) is 17.5 Å². The number of likely N-dealkylation sites (N-methyl/N-ethyl adjacent to an activating group) is 1. The van der Waals surface area contributed by atoms with Crippen molar-refractivity contribution in [2.45, 2.75) is 31.9 Å².